The molecule has 3 fully saturated rings. The van der Waals surface area contributed by atoms with Crippen LogP contribution in [0.4, 0.5) is 0 Å². The predicted molar refractivity (Wildman–Crippen MR) is 111 cm³/mol. The summed E-state index contributed by atoms with van der Waals surface area (Å²) in [5.74, 6) is 1.77. The van der Waals surface area contributed by atoms with Crippen molar-refractivity contribution < 1.29 is 13.2 Å². The number of rotatable bonds is 6. The fourth-order valence-corrected chi connectivity index (χ4v) is 5.59. The lowest BCUT2D eigenvalue weighted by Gasteiger charge is -2.51. The number of piperidine rings is 3. The molecule has 0 radical (unpaired) electrons. The van der Waals surface area contributed by atoms with Crippen LogP contribution in [0.5, 0.6) is 5.75 Å². The number of methoxy groups -OCH3 is 1. The number of aromatic nitrogens is 1. The number of fused-ring (bicyclic) bond motifs is 4. The Morgan fingerprint density at radius 1 is 1.39 bits per heavy atom. The molecule has 3 aliphatic rings. The normalized spacial score (nSPS) is 28.2. The zero-order valence-electron chi connectivity index (χ0n) is 16.3. The SMILES string of the molecule is C=C[C@H]1CN2CC[C@H]1C[C@H]2[C@@H](NS(C)(=O)=O)c1ccnc2ccc(OC)cc12. The Balaban J connectivity index is 1.80. The summed E-state index contributed by atoms with van der Waals surface area (Å²) in [5.41, 5.74) is 1.78. The van der Waals surface area contributed by atoms with Crippen LogP contribution < -0.4 is 9.46 Å². The van der Waals surface area contributed by atoms with Crippen LogP contribution in [0.25, 0.3) is 10.9 Å². The van der Waals surface area contributed by atoms with Gasteiger partial charge >= 0.3 is 0 Å². The van der Waals surface area contributed by atoms with E-state index in [1.54, 1.807) is 13.3 Å². The van der Waals surface area contributed by atoms with Crippen LogP contribution in [0.1, 0.15) is 24.4 Å². The molecule has 3 aliphatic heterocycles. The number of pyridine rings is 1. The molecule has 6 nitrogen and oxygen atoms in total. The molecule has 7 heteroatoms. The number of benzene rings is 1. The highest BCUT2D eigenvalue weighted by Crippen LogP contribution is 2.42. The zero-order valence-corrected chi connectivity index (χ0v) is 17.2. The third kappa shape index (κ3) is 3.66. The molecule has 5 atom stereocenters. The van der Waals surface area contributed by atoms with Gasteiger partial charge in [0.1, 0.15) is 5.75 Å². The molecule has 2 bridgehead atoms. The first-order valence-electron chi connectivity index (χ1n) is 9.66. The quantitative estimate of drug-likeness (QED) is 0.754. The molecule has 1 unspecified atom stereocenters. The second kappa shape index (κ2) is 7.46. The first-order valence-corrected chi connectivity index (χ1v) is 11.6. The molecule has 4 heterocycles. The lowest BCUT2D eigenvalue weighted by Crippen LogP contribution is -2.57. The van der Waals surface area contributed by atoms with E-state index >= 15 is 0 Å². The number of nitrogens with zero attached hydrogens (tertiary/aromatic N) is 2. The Morgan fingerprint density at radius 2 is 2.21 bits per heavy atom. The van der Waals surface area contributed by atoms with Crippen molar-refractivity contribution in [2.24, 2.45) is 11.8 Å². The van der Waals surface area contributed by atoms with Gasteiger partial charge in [0.25, 0.3) is 0 Å². The number of hydrogen-bond acceptors (Lipinski definition) is 5. The number of sulfonamides is 1. The van der Waals surface area contributed by atoms with Gasteiger partial charge in [-0.1, -0.05) is 6.08 Å². The molecule has 1 N–H and O–H groups in total. The van der Waals surface area contributed by atoms with Crippen LogP contribution >= 0.6 is 0 Å². The van der Waals surface area contributed by atoms with Crippen LogP contribution in [0.15, 0.2) is 43.1 Å². The van der Waals surface area contributed by atoms with Crippen molar-refractivity contribution in [1.82, 2.24) is 14.6 Å². The molecule has 0 spiro atoms. The lowest BCUT2D eigenvalue weighted by atomic mass is 9.73. The Labute approximate surface area is 166 Å². The van der Waals surface area contributed by atoms with Crippen LogP contribution in [0.2, 0.25) is 0 Å². The monoisotopic (exact) mass is 401 g/mol. The van der Waals surface area contributed by atoms with Gasteiger partial charge in [-0.15, -0.1) is 6.58 Å². The molecule has 1 aromatic carbocycles. The largest absolute Gasteiger partial charge is 0.497 e. The summed E-state index contributed by atoms with van der Waals surface area (Å²) in [7, 11) is -1.76. The smallest absolute Gasteiger partial charge is 0.209 e. The van der Waals surface area contributed by atoms with E-state index in [2.05, 4.69) is 27.3 Å². The van der Waals surface area contributed by atoms with Crippen molar-refractivity contribution >= 4 is 20.9 Å². The standard InChI is InChI=1S/C21H27N3O3S/c1-4-14-13-24-10-8-15(14)11-20(24)21(23-28(3,25)26)17-7-9-22-19-6-5-16(27-2)12-18(17)19/h4-7,9,12,14-15,20-21,23H,1,8,10-11,13H2,2-3H3/t14-,15-,20-,21-/m0/s1. The van der Waals surface area contributed by atoms with E-state index in [0.29, 0.717) is 11.8 Å². The molecule has 2 aromatic rings. The van der Waals surface area contributed by atoms with E-state index in [9.17, 15) is 8.42 Å². The van der Waals surface area contributed by atoms with Gasteiger partial charge in [-0.05, 0) is 61.1 Å². The Morgan fingerprint density at radius 3 is 2.86 bits per heavy atom. The summed E-state index contributed by atoms with van der Waals surface area (Å²) < 4.78 is 32.8. The molecule has 0 aliphatic carbocycles. The van der Waals surface area contributed by atoms with E-state index in [1.165, 1.54) is 6.26 Å². The van der Waals surface area contributed by atoms with Gasteiger partial charge in [0, 0.05) is 24.2 Å². The third-order valence-corrected chi connectivity index (χ3v) is 6.88. The minimum absolute atomic E-state index is 0.112. The van der Waals surface area contributed by atoms with Crippen LogP contribution in [-0.4, -0.2) is 50.8 Å². The van der Waals surface area contributed by atoms with Crippen LogP contribution in [0.3, 0.4) is 0 Å². The highest BCUT2D eigenvalue weighted by Gasteiger charge is 2.43. The summed E-state index contributed by atoms with van der Waals surface area (Å²) in [5, 5.41) is 0.922. The van der Waals surface area contributed by atoms with Gasteiger partial charge in [0.05, 0.1) is 24.9 Å². The second-order valence-corrected chi connectivity index (χ2v) is 9.68. The van der Waals surface area contributed by atoms with Crippen molar-refractivity contribution in [3.05, 3.63) is 48.7 Å². The lowest BCUT2D eigenvalue weighted by molar-refractivity contribution is 0.00493. The molecule has 150 valence electrons. The summed E-state index contributed by atoms with van der Waals surface area (Å²) in [6.07, 6.45) is 7.14. The number of hydrogen-bond donors (Lipinski definition) is 1. The maximum Gasteiger partial charge on any atom is 0.209 e. The summed E-state index contributed by atoms with van der Waals surface area (Å²) in [4.78, 5) is 6.87. The molecular formula is C21H27N3O3S. The van der Waals surface area contributed by atoms with E-state index in [4.69, 9.17) is 4.74 Å². The predicted octanol–water partition coefficient (Wildman–Crippen LogP) is 2.73. The maximum absolute atomic E-state index is 12.3. The van der Waals surface area contributed by atoms with Gasteiger partial charge < -0.3 is 4.74 Å². The van der Waals surface area contributed by atoms with Crippen molar-refractivity contribution in [2.75, 3.05) is 26.5 Å². The van der Waals surface area contributed by atoms with Gasteiger partial charge in [0.15, 0.2) is 0 Å². The van der Waals surface area contributed by atoms with Crippen LogP contribution in [0, 0.1) is 11.8 Å². The van der Waals surface area contributed by atoms with Gasteiger partial charge in [0.2, 0.25) is 10.0 Å². The summed E-state index contributed by atoms with van der Waals surface area (Å²) >= 11 is 0. The van der Waals surface area contributed by atoms with Gasteiger partial charge in [-0.25, -0.2) is 13.1 Å². The second-order valence-electron chi connectivity index (χ2n) is 7.90. The molecule has 0 amide bonds. The van der Waals surface area contributed by atoms with Crippen molar-refractivity contribution in [1.29, 1.82) is 0 Å². The molecule has 0 saturated carbocycles. The number of nitrogens with one attached hydrogen (secondary N) is 1. The molecule has 28 heavy (non-hydrogen) atoms. The molecule has 1 aromatic heterocycles. The van der Waals surface area contributed by atoms with Crippen molar-refractivity contribution in [2.45, 2.75) is 24.9 Å². The molecule has 5 rings (SSSR count). The zero-order chi connectivity index (χ0) is 19.9. The average molecular weight is 402 g/mol. The highest BCUT2D eigenvalue weighted by molar-refractivity contribution is 7.88. The fourth-order valence-electron chi connectivity index (χ4n) is 4.85. The minimum Gasteiger partial charge on any atom is -0.497 e. The van der Waals surface area contributed by atoms with Gasteiger partial charge in [-0.3, -0.25) is 9.88 Å². The topological polar surface area (TPSA) is 71.5 Å². The molecule has 3 saturated heterocycles. The van der Waals surface area contributed by atoms with Crippen molar-refractivity contribution in [3.8, 4) is 5.75 Å². The van der Waals surface area contributed by atoms with Crippen LogP contribution in [-0.2, 0) is 10.0 Å². The summed E-state index contributed by atoms with van der Waals surface area (Å²) in [6.45, 7) is 5.92. The van der Waals surface area contributed by atoms with E-state index in [1.807, 2.05) is 24.3 Å². The van der Waals surface area contributed by atoms with E-state index in [0.717, 1.165) is 48.1 Å². The average Bonchev–Trinajstić information content (AvgIpc) is 2.70. The Bertz CT molecular complexity index is 992. The highest BCUT2D eigenvalue weighted by atomic mass is 32.2. The van der Waals surface area contributed by atoms with Crippen molar-refractivity contribution in [3.63, 3.8) is 0 Å². The summed E-state index contributed by atoms with van der Waals surface area (Å²) in [6, 6.07) is 7.44. The van der Waals surface area contributed by atoms with Gasteiger partial charge in [-0.2, -0.15) is 0 Å². The molecular weight excluding hydrogens is 374 g/mol. The first-order chi connectivity index (χ1) is 13.4. The Kier molecular flexibility index (Phi) is 5.16. The third-order valence-electron chi connectivity index (χ3n) is 6.20. The van der Waals surface area contributed by atoms with E-state index in [-0.39, 0.29) is 12.1 Å². The van der Waals surface area contributed by atoms with E-state index < -0.39 is 10.0 Å². The number of ether oxygens (including phenoxy) is 1. The fraction of sp³-hybridized carbons (Fsp3) is 0.476. The Hall–Kier alpha value is -1.96. The maximum atomic E-state index is 12.3. The minimum atomic E-state index is -3.39. The first kappa shape index (κ1) is 19.4.